The second-order valence-electron chi connectivity index (χ2n) is 5.74. The number of hydrogen-bond donors (Lipinski definition) is 1. The second-order valence-corrected chi connectivity index (χ2v) is 5.74. The lowest BCUT2D eigenvalue weighted by molar-refractivity contribution is -0.117. The quantitative estimate of drug-likeness (QED) is 0.805. The molecule has 0 spiro atoms. The minimum atomic E-state index is -0.0319. The number of anilines is 1. The highest BCUT2D eigenvalue weighted by Crippen LogP contribution is 2.33. The van der Waals surface area contributed by atoms with E-state index in [-0.39, 0.29) is 17.4 Å². The van der Waals surface area contributed by atoms with Crippen LogP contribution in [0.3, 0.4) is 0 Å². The normalized spacial score (nSPS) is 21.1. The summed E-state index contributed by atoms with van der Waals surface area (Å²) in [5.41, 5.74) is 8.09. The van der Waals surface area contributed by atoms with Crippen molar-refractivity contribution in [2.45, 2.75) is 38.6 Å². The van der Waals surface area contributed by atoms with E-state index in [2.05, 4.69) is 26.8 Å². The molecular weight excluding hydrogens is 212 g/mol. The monoisotopic (exact) mass is 232 g/mol. The zero-order valence-corrected chi connectivity index (χ0v) is 10.7. The summed E-state index contributed by atoms with van der Waals surface area (Å²) < 4.78 is 0. The van der Waals surface area contributed by atoms with E-state index >= 15 is 0 Å². The highest BCUT2D eigenvalue weighted by Gasteiger charge is 2.31. The van der Waals surface area contributed by atoms with Crippen molar-refractivity contribution in [2.24, 2.45) is 5.73 Å². The number of para-hydroxylation sites is 1. The molecule has 92 valence electrons. The van der Waals surface area contributed by atoms with Crippen molar-refractivity contribution in [3.63, 3.8) is 0 Å². The average molecular weight is 232 g/mol. The number of carbonyl (C=O) groups is 1. The molecule has 1 aliphatic heterocycles. The van der Waals surface area contributed by atoms with Gasteiger partial charge >= 0.3 is 0 Å². The van der Waals surface area contributed by atoms with Crippen LogP contribution in [0.1, 0.15) is 32.8 Å². The van der Waals surface area contributed by atoms with Gasteiger partial charge in [-0.05, 0) is 17.0 Å². The first-order chi connectivity index (χ1) is 7.89. The Hall–Kier alpha value is -1.35. The lowest BCUT2D eigenvalue weighted by Gasteiger charge is -2.27. The number of nitrogens with zero attached hydrogens (tertiary/aromatic N) is 1. The van der Waals surface area contributed by atoms with E-state index in [0.717, 1.165) is 5.69 Å². The van der Waals surface area contributed by atoms with E-state index in [1.807, 2.05) is 23.1 Å². The molecule has 0 saturated carbocycles. The zero-order chi connectivity index (χ0) is 12.6. The summed E-state index contributed by atoms with van der Waals surface area (Å²) in [5, 5.41) is 0. The predicted octanol–water partition coefficient (Wildman–Crippen LogP) is 2.05. The van der Waals surface area contributed by atoms with Crippen molar-refractivity contribution < 1.29 is 4.79 Å². The van der Waals surface area contributed by atoms with Crippen LogP contribution in [-0.4, -0.2) is 18.5 Å². The maximum Gasteiger partial charge on any atom is 0.228 e. The van der Waals surface area contributed by atoms with Crippen LogP contribution in [0.25, 0.3) is 0 Å². The van der Waals surface area contributed by atoms with Gasteiger partial charge in [0, 0.05) is 24.7 Å². The standard InChI is InChI=1S/C14H20N2O/c1-14(2,3)11-6-4-5-7-12(11)16-9-10(15)8-13(16)17/h4-7,10H,8-9,15H2,1-3H3. The topological polar surface area (TPSA) is 46.3 Å². The molecule has 1 saturated heterocycles. The van der Waals surface area contributed by atoms with Crippen LogP contribution < -0.4 is 10.6 Å². The van der Waals surface area contributed by atoms with Gasteiger partial charge in [-0.2, -0.15) is 0 Å². The van der Waals surface area contributed by atoms with Gasteiger partial charge in [-0.3, -0.25) is 4.79 Å². The van der Waals surface area contributed by atoms with Gasteiger partial charge < -0.3 is 10.6 Å². The maximum atomic E-state index is 11.9. The lowest BCUT2D eigenvalue weighted by atomic mass is 9.85. The zero-order valence-electron chi connectivity index (χ0n) is 10.7. The van der Waals surface area contributed by atoms with Crippen LogP contribution in [0.4, 0.5) is 5.69 Å². The van der Waals surface area contributed by atoms with E-state index in [1.54, 1.807) is 0 Å². The molecule has 0 bridgehead atoms. The third kappa shape index (κ3) is 2.34. The molecule has 0 aromatic heterocycles. The van der Waals surface area contributed by atoms with Gasteiger partial charge in [-0.25, -0.2) is 0 Å². The summed E-state index contributed by atoms with van der Waals surface area (Å²) in [7, 11) is 0. The van der Waals surface area contributed by atoms with Crippen molar-refractivity contribution in [3.8, 4) is 0 Å². The Balaban J connectivity index is 2.42. The van der Waals surface area contributed by atoms with E-state index in [1.165, 1.54) is 5.56 Å². The van der Waals surface area contributed by atoms with Crippen molar-refractivity contribution in [1.29, 1.82) is 0 Å². The fourth-order valence-electron chi connectivity index (χ4n) is 2.31. The SMILES string of the molecule is CC(C)(C)c1ccccc1N1CC(N)CC1=O. The third-order valence-corrected chi connectivity index (χ3v) is 3.16. The van der Waals surface area contributed by atoms with Crippen LogP contribution in [0, 0.1) is 0 Å². The Kier molecular flexibility index (Phi) is 2.96. The number of amides is 1. The Morgan fingerprint density at radius 3 is 2.47 bits per heavy atom. The molecule has 1 aromatic carbocycles. The summed E-state index contributed by atoms with van der Waals surface area (Å²) >= 11 is 0. The van der Waals surface area contributed by atoms with Crippen molar-refractivity contribution in [1.82, 2.24) is 0 Å². The molecule has 1 aromatic rings. The smallest absolute Gasteiger partial charge is 0.228 e. The number of hydrogen-bond acceptors (Lipinski definition) is 2. The molecule has 2 rings (SSSR count). The molecule has 1 atom stereocenters. The summed E-state index contributed by atoms with van der Waals surface area (Å²) in [6, 6.07) is 8.06. The first kappa shape index (κ1) is 12.1. The van der Waals surface area contributed by atoms with Gasteiger partial charge in [0.05, 0.1) is 0 Å². The maximum absolute atomic E-state index is 11.9. The molecule has 1 heterocycles. The van der Waals surface area contributed by atoms with Gasteiger partial charge in [0.2, 0.25) is 5.91 Å². The largest absolute Gasteiger partial charge is 0.326 e. The highest BCUT2D eigenvalue weighted by molar-refractivity contribution is 5.97. The lowest BCUT2D eigenvalue weighted by Crippen LogP contribution is -2.30. The fraction of sp³-hybridized carbons (Fsp3) is 0.500. The Bertz CT molecular complexity index is 434. The molecule has 1 fully saturated rings. The molecule has 2 N–H and O–H groups in total. The Morgan fingerprint density at radius 1 is 1.29 bits per heavy atom. The van der Waals surface area contributed by atoms with Gasteiger partial charge in [0.25, 0.3) is 0 Å². The summed E-state index contributed by atoms with van der Waals surface area (Å²) in [4.78, 5) is 13.7. The molecule has 1 unspecified atom stereocenters. The minimum Gasteiger partial charge on any atom is -0.326 e. The number of benzene rings is 1. The van der Waals surface area contributed by atoms with E-state index < -0.39 is 0 Å². The minimum absolute atomic E-state index is 0.0313. The molecular formula is C14H20N2O. The van der Waals surface area contributed by atoms with Gasteiger partial charge in [0.15, 0.2) is 0 Å². The third-order valence-electron chi connectivity index (χ3n) is 3.16. The molecule has 0 aliphatic carbocycles. The van der Waals surface area contributed by atoms with Crippen LogP contribution in [-0.2, 0) is 10.2 Å². The van der Waals surface area contributed by atoms with Crippen LogP contribution in [0.15, 0.2) is 24.3 Å². The Morgan fingerprint density at radius 2 is 1.94 bits per heavy atom. The number of rotatable bonds is 1. The van der Waals surface area contributed by atoms with Gasteiger partial charge in [0.1, 0.15) is 0 Å². The first-order valence-corrected chi connectivity index (χ1v) is 6.05. The van der Waals surface area contributed by atoms with E-state index in [4.69, 9.17) is 5.73 Å². The molecule has 1 aliphatic rings. The average Bonchev–Trinajstić information content (AvgIpc) is 2.56. The molecule has 17 heavy (non-hydrogen) atoms. The van der Waals surface area contributed by atoms with Gasteiger partial charge in [-0.1, -0.05) is 39.0 Å². The van der Waals surface area contributed by atoms with Crippen molar-refractivity contribution in [3.05, 3.63) is 29.8 Å². The van der Waals surface area contributed by atoms with Gasteiger partial charge in [-0.15, -0.1) is 0 Å². The number of nitrogens with two attached hydrogens (primary N) is 1. The van der Waals surface area contributed by atoms with Crippen LogP contribution >= 0.6 is 0 Å². The van der Waals surface area contributed by atoms with E-state index in [0.29, 0.717) is 13.0 Å². The van der Waals surface area contributed by atoms with Crippen molar-refractivity contribution in [2.75, 3.05) is 11.4 Å². The fourth-order valence-corrected chi connectivity index (χ4v) is 2.31. The molecule has 1 amide bonds. The van der Waals surface area contributed by atoms with Crippen LogP contribution in [0.2, 0.25) is 0 Å². The Labute approximate surface area is 103 Å². The predicted molar refractivity (Wildman–Crippen MR) is 70.1 cm³/mol. The molecule has 0 radical (unpaired) electrons. The molecule has 3 nitrogen and oxygen atoms in total. The first-order valence-electron chi connectivity index (χ1n) is 6.05. The van der Waals surface area contributed by atoms with Crippen LogP contribution in [0.5, 0.6) is 0 Å². The second kappa shape index (κ2) is 4.15. The van der Waals surface area contributed by atoms with Crippen molar-refractivity contribution >= 4 is 11.6 Å². The summed E-state index contributed by atoms with van der Waals surface area (Å²) in [6.45, 7) is 7.11. The van der Waals surface area contributed by atoms with E-state index in [9.17, 15) is 4.79 Å². The molecule has 3 heteroatoms. The summed E-state index contributed by atoms with van der Waals surface area (Å²) in [5.74, 6) is 0.134. The number of carbonyl (C=O) groups excluding carboxylic acids is 1. The highest BCUT2D eigenvalue weighted by atomic mass is 16.2. The summed E-state index contributed by atoms with van der Waals surface area (Å²) in [6.07, 6.45) is 0.457.